The Morgan fingerprint density at radius 1 is 1.34 bits per heavy atom. The molecule has 148 valence electrons. The molecule has 3 aromatic rings. The van der Waals surface area contributed by atoms with E-state index in [9.17, 15) is 20.0 Å². The van der Waals surface area contributed by atoms with Crippen molar-refractivity contribution in [2.24, 2.45) is 5.10 Å². The van der Waals surface area contributed by atoms with Gasteiger partial charge >= 0.3 is 0 Å². The number of aromatic hydroxyl groups is 1. The number of benzene rings is 2. The minimum atomic E-state index is -0.640. The molecule has 0 radical (unpaired) electrons. The first-order valence-corrected chi connectivity index (χ1v) is 8.48. The average Bonchev–Trinajstić information content (AvgIpc) is 2.71. The maximum Gasteiger partial charge on any atom is 0.292 e. The number of nitrogens with zero attached hydrogens (tertiary/aromatic N) is 4. The maximum atomic E-state index is 12.4. The van der Waals surface area contributed by atoms with Crippen LogP contribution in [0, 0.1) is 10.1 Å². The molecule has 11 heteroatoms. The van der Waals surface area contributed by atoms with Crippen molar-refractivity contribution in [2.75, 3.05) is 12.5 Å². The number of nitro benzene ring substituents is 1. The number of nitro groups is 1. The molecule has 2 N–H and O–H groups in total. The van der Waals surface area contributed by atoms with Crippen molar-refractivity contribution in [2.45, 2.75) is 0 Å². The monoisotopic (exact) mass is 415 g/mol. The minimum Gasteiger partial charge on any atom is -0.504 e. The number of anilines is 1. The third kappa shape index (κ3) is 4.17. The Labute approximate surface area is 168 Å². The molecule has 1 heterocycles. The van der Waals surface area contributed by atoms with Crippen molar-refractivity contribution in [1.82, 2.24) is 9.78 Å². The van der Waals surface area contributed by atoms with E-state index in [-0.39, 0.29) is 33.5 Å². The Kier molecular flexibility index (Phi) is 5.74. The van der Waals surface area contributed by atoms with Crippen molar-refractivity contribution in [3.05, 3.63) is 79.7 Å². The van der Waals surface area contributed by atoms with E-state index in [1.165, 1.54) is 13.3 Å². The van der Waals surface area contributed by atoms with Crippen molar-refractivity contribution >= 4 is 29.2 Å². The average molecular weight is 416 g/mol. The standard InChI is InChI=1S/C18H14ClN5O5/c1-29-16-8-14(24(27)28)11(7-15(16)25)9-20-22-13-10-21-23(18(26)17(13)19)12-5-3-2-4-6-12/h2-10,22,25H,1H3/b20-9-. The van der Waals surface area contributed by atoms with Gasteiger partial charge in [0.1, 0.15) is 10.7 Å². The van der Waals surface area contributed by atoms with Gasteiger partial charge in [0.15, 0.2) is 11.5 Å². The molecule has 0 saturated carbocycles. The summed E-state index contributed by atoms with van der Waals surface area (Å²) in [4.78, 5) is 23.0. The molecule has 2 aromatic carbocycles. The van der Waals surface area contributed by atoms with Gasteiger partial charge in [-0.05, 0) is 18.2 Å². The Hall–Kier alpha value is -3.92. The molecule has 0 fully saturated rings. The zero-order valence-electron chi connectivity index (χ0n) is 14.9. The van der Waals surface area contributed by atoms with E-state index in [0.29, 0.717) is 5.69 Å². The van der Waals surface area contributed by atoms with Crippen LogP contribution in [0.1, 0.15) is 5.56 Å². The van der Waals surface area contributed by atoms with Crippen LogP contribution in [0.2, 0.25) is 5.02 Å². The van der Waals surface area contributed by atoms with Crippen LogP contribution in [-0.2, 0) is 0 Å². The second-order valence-corrected chi connectivity index (χ2v) is 6.01. The molecule has 0 unspecified atom stereocenters. The molecule has 29 heavy (non-hydrogen) atoms. The topological polar surface area (TPSA) is 132 Å². The minimum absolute atomic E-state index is 0.0162. The molecular weight excluding hydrogens is 402 g/mol. The molecule has 10 nitrogen and oxygen atoms in total. The molecule has 1 aromatic heterocycles. The smallest absolute Gasteiger partial charge is 0.292 e. The summed E-state index contributed by atoms with van der Waals surface area (Å²) in [6.07, 6.45) is 2.41. The van der Waals surface area contributed by atoms with Crippen LogP contribution in [0.3, 0.4) is 0 Å². The summed E-state index contributed by atoms with van der Waals surface area (Å²) >= 11 is 6.10. The van der Waals surface area contributed by atoms with E-state index in [1.54, 1.807) is 30.3 Å². The van der Waals surface area contributed by atoms with Crippen molar-refractivity contribution in [3.63, 3.8) is 0 Å². The molecular formula is C18H14ClN5O5. The second-order valence-electron chi connectivity index (χ2n) is 5.63. The Balaban J connectivity index is 1.88. The van der Waals surface area contributed by atoms with Gasteiger partial charge in [-0.3, -0.25) is 20.3 Å². The molecule has 0 atom stereocenters. The third-order valence-electron chi connectivity index (χ3n) is 3.83. The highest BCUT2D eigenvalue weighted by atomic mass is 35.5. The summed E-state index contributed by atoms with van der Waals surface area (Å²) in [5.74, 6) is -0.330. The lowest BCUT2D eigenvalue weighted by Crippen LogP contribution is -2.22. The van der Waals surface area contributed by atoms with E-state index < -0.39 is 10.5 Å². The number of hydrogen-bond acceptors (Lipinski definition) is 8. The van der Waals surface area contributed by atoms with E-state index >= 15 is 0 Å². The summed E-state index contributed by atoms with van der Waals surface area (Å²) in [5, 5.41) is 28.8. The Morgan fingerprint density at radius 2 is 2.07 bits per heavy atom. The number of halogens is 1. The highest BCUT2D eigenvalue weighted by Gasteiger charge is 2.17. The highest BCUT2D eigenvalue weighted by Crippen LogP contribution is 2.32. The Morgan fingerprint density at radius 3 is 2.72 bits per heavy atom. The largest absolute Gasteiger partial charge is 0.504 e. The van der Waals surface area contributed by atoms with Gasteiger partial charge in [-0.1, -0.05) is 29.8 Å². The number of hydrazone groups is 1. The number of phenols is 1. The van der Waals surface area contributed by atoms with Gasteiger partial charge in [0.25, 0.3) is 11.2 Å². The van der Waals surface area contributed by atoms with E-state index in [4.69, 9.17) is 16.3 Å². The number of methoxy groups -OCH3 is 1. The lowest BCUT2D eigenvalue weighted by Gasteiger charge is -2.08. The van der Waals surface area contributed by atoms with Gasteiger partial charge in [0.05, 0.1) is 41.8 Å². The molecule has 0 bridgehead atoms. The van der Waals surface area contributed by atoms with Gasteiger partial charge in [-0.25, -0.2) is 0 Å². The molecule has 0 spiro atoms. The summed E-state index contributed by atoms with van der Waals surface area (Å²) in [7, 11) is 1.28. The van der Waals surface area contributed by atoms with E-state index in [1.807, 2.05) is 0 Å². The summed E-state index contributed by atoms with van der Waals surface area (Å²) < 4.78 is 5.99. The van der Waals surface area contributed by atoms with Gasteiger partial charge in [-0.15, -0.1) is 0 Å². The van der Waals surface area contributed by atoms with Gasteiger partial charge in [0.2, 0.25) is 0 Å². The summed E-state index contributed by atoms with van der Waals surface area (Å²) in [6, 6.07) is 10.9. The number of rotatable bonds is 6. The predicted molar refractivity (Wildman–Crippen MR) is 107 cm³/mol. The lowest BCUT2D eigenvalue weighted by molar-refractivity contribution is -0.385. The van der Waals surface area contributed by atoms with Crippen LogP contribution >= 0.6 is 11.6 Å². The van der Waals surface area contributed by atoms with E-state index in [2.05, 4.69) is 15.6 Å². The van der Waals surface area contributed by atoms with Crippen LogP contribution < -0.4 is 15.7 Å². The number of hydrogen-bond donors (Lipinski definition) is 2. The number of phenolic OH excluding ortho intramolecular Hbond substituents is 1. The maximum absolute atomic E-state index is 12.4. The van der Waals surface area contributed by atoms with Crippen LogP contribution in [0.4, 0.5) is 11.4 Å². The third-order valence-corrected chi connectivity index (χ3v) is 4.20. The quantitative estimate of drug-likeness (QED) is 0.359. The van der Waals surface area contributed by atoms with Crippen molar-refractivity contribution in [3.8, 4) is 17.2 Å². The zero-order chi connectivity index (χ0) is 21.0. The fourth-order valence-corrected chi connectivity index (χ4v) is 2.61. The van der Waals surface area contributed by atoms with Gasteiger partial charge in [-0.2, -0.15) is 14.9 Å². The lowest BCUT2D eigenvalue weighted by atomic mass is 10.1. The van der Waals surface area contributed by atoms with Crippen LogP contribution in [0.15, 0.2) is 58.6 Å². The first kappa shape index (κ1) is 19.8. The number of para-hydroxylation sites is 1. The number of nitrogens with one attached hydrogen (secondary N) is 1. The van der Waals surface area contributed by atoms with Crippen molar-refractivity contribution in [1.29, 1.82) is 0 Å². The molecule has 0 aliphatic carbocycles. The van der Waals surface area contributed by atoms with E-state index in [0.717, 1.165) is 23.0 Å². The number of aromatic nitrogens is 2. The summed E-state index contributed by atoms with van der Waals surface area (Å²) in [6.45, 7) is 0. The Bertz CT molecular complexity index is 1150. The highest BCUT2D eigenvalue weighted by molar-refractivity contribution is 6.32. The zero-order valence-corrected chi connectivity index (χ0v) is 15.7. The van der Waals surface area contributed by atoms with Gasteiger partial charge in [0, 0.05) is 0 Å². The SMILES string of the molecule is COc1cc([N+](=O)[O-])c(/C=N\Nc2cnn(-c3ccccc3)c(=O)c2Cl)cc1O. The molecule has 0 amide bonds. The van der Waals surface area contributed by atoms with Crippen LogP contribution in [0.5, 0.6) is 11.5 Å². The first-order chi connectivity index (χ1) is 13.9. The predicted octanol–water partition coefficient (Wildman–Crippen LogP) is 2.95. The molecule has 3 rings (SSSR count). The van der Waals surface area contributed by atoms with Crippen molar-refractivity contribution < 1.29 is 14.8 Å². The van der Waals surface area contributed by atoms with Crippen LogP contribution in [0.25, 0.3) is 5.69 Å². The van der Waals surface area contributed by atoms with Crippen LogP contribution in [-0.4, -0.2) is 33.1 Å². The molecule has 0 aliphatic heterocycles. The normalized spacial score (nSPS) is 10.8. The summed E-state index contributed by atoms with van der Waals surface area (Å²) in [5.41, 5.74) is 2.30. The first-order valence-electron chi connectivity index (χ1n) is 8.10. The number of ether oxygens (including phenoxy) is 1. The second kappa shape index (κ2) is 8.40. The molecule has 0 saturated heterocycles. The molecule has 0 aliphatic rings. The fraction of sp³-hybridized carbons (Fsp3) is 0.0556. The van der Waals surface area contributed by atoms with Gasteiger partial charge < -0.3 is 9.84 Å². The fourth-order valence-electron chi connectivity index (χ4n) is 2.43.